The fourth-order valence-corrected chi connectivity index (χ4v) is 3.33. The van der Waals surface area contributed by atoms with Gasteiger partial charge in [-0.2, -0.15) is 0 Å². The van der Waals surface area contributed by atoms with Crippen LogP contribution in [-0.4, -0.2) is 40.2 Å². The molecule has 0 unspecified atom stereocenters. The molecule has 1 heterocycles. The van der Waals surface area contributed by atoms with E-state index in [0.717, 1.165) is 17.7 Å². The van der Waals surface area contributed by atoms with E-state index in [4.69, 9.17) is 10.6 Å². The number of aromatic nitrogens is 3. The first kappa shape index (κ1) is 19.8. The van der Waals surface area contributed by atoms with E-state index in [-0.39, 0.29) is 11.7 Å². The highest BCUT2D eigenvalue weighted by molar-refractivity contribution is 7.99. The van der Waals surface area contributed by atoms with Crippen molar-refractivity contribution in [2.24, 2.45) is 0 Å². The van der Waals surface area contributed by atoms with E-state index >= 15 is 0 Å². The molecule has 0 aliphatic carbocycles. The molecule has 0 fully saturated rings. The van der Waals surface area contributed by atoms with Crippen LogP contribution in [-0.2, 0) is 17.6 Å². The normalized spacial score (nSPS) is 10.6. The molecule has 3 rings (SSSR count). The molecule has 7 nitrogen and oxygen atoms in total. The van der Waals surface area contributed by atoms with Gasteiger partial charge in [0.1, 0.15) is 5.75 Å². The molecule has 2 aromatic carbocycles. The van der Waals surface area contributed by atoms with E-state index < -0.39 is 0 Å². The Kier molecular flexibility index (Phi) is 6.91. The lowest BCUT2D eigenvalue weighted by Crippen LogP contribution is -2.27. The molecule has 1 aromatic heterocycles. The van der Waals surface area contributed by atoms with Gasteiger partial charge in [0.15, 0.2) is 5.82 Å². The van der Waals surface area contributed by atoms with Crippen LogP contribution >= 0.6 is 11.8 Å². The van der Waals surface area contributed by atoms with Gasteiger partial charge in [0.05, 0.1) is 12.9 Å². The molecule has 0 aliphatic heterocycles. The van der Waals surface area contributed by atoms with Crippen molar-refractivity contribution in [1.82, 2.24) is 20.2 Å². The molecule has 28 heavy (non-hydrogen) atoms. The van der Waals surface area contributed by atoms with Crippen LogP contribution in [0, 0.1) is 0 Å². The van der Waals surface area contributed by atoms with Crippen LogP contribution in [0.15, 0.2) is 59.8 Å². The zero-order valence-electron chi connectivity index (χ0n) is 15.7. The zero-order chi connectivity index (χ0) is 19.8. The summed E-state index contributed by atoms with van der Waals surface area (Å²) >= 11 is 1.27. The van der Waals surface area contributed by atoms with Crippen LogP contribution in [0.1, 0.15) is 17.0 Å². The van der Waals surface area contributed by atoms with E-state index in [9.17, 15) is 4.79 Å². The third-order valence-corrected chi connectivity index (χ3v) is 5.11. The van der Waals surface area contributed by atoms with Crippen LogP contribution in [0.2, 0.25) is 0 Å². The number of thioether (sulfide) groups is 1. The minimum Gasteiger partial charge on any atom is -0.497 e. The average Bonchev–Trinajstić information content (AvgIpc) is 3.07. The molecule has 3 aromatic rings. The van der Waals surface area contributed by atoms with E-state index in [2.05, 4.69) is 15.5 Å². The lowest BCUT2D eigenvalue weighted by atomic mass is 10.1. The third-order valence-electron chi connectivity index (χ3n) is 4.17. The molecule has 0 atom stereocenters. The Bertz CT molecular complexity index is 897. The summed E-state index contributed by atoms with van der Waals surface area (Å²) in [6, 6.07) is 17.7. The molecular weight excluding hydrogens is 374 g/mol. The van der Waals surface area contributed by atoms with Gasteiger partial charge in [-0.3, -0.25) is 4.79 Å². The molecule has 146 valence electrons. The van der Waals surface area contributed by atoms with E-state index in [1.807, 2.05) is 54.6 Å². The maximum atomic E-state index is 12.0. The Balaban J connectivity index is 1.46. The number of benzene rings is 2. The fourth-order valence-electron chi connectivity index (χ4n) is 2.62. The Hall–Kier alpha value is -3.00. The Labute approximate surface area is 168 Å². The quantitative estimate of drug-likeness (QED) is 0.424. The fraction of sp³-hybridized carbons (Fsp3) is 0.250. The average molecular weight is 398 g/mol. The van der Waals surface area contributed by atoms with Crippen LogP contribution in [0.3, 0.4) is 0 Å². The summed E-state index contributed by atoms with van der Waals surface area (Å²) in [6.45, 7) is 0.599. The predicted octanol–water partition coefficient (Wildman–Crippen LogP) is 2.04. The van der Waals surface area contributed by atoms with Gasteiger partial charge in [-0.15, -0.1) is 10.2 Å². The summed E-state index contributed by atoms with van der Waals surface area (Å²) < 4.78 is 6.59. The van der Waals surface area contributed by atoms with Gasteiger partial charge < -0.3 is 15.9 Å². The second-order valence-electron chi connectivity index (χ2n) is 6.17. The lowest BCUT2D eigenvalue weighted by Gasteiger charge is -2.06. The molecular formula is C20H23N5O2S. The summed E-state index contributed by atoms with van der Waals surface area (Å²) in [4.78, 5) is 12.0. The standard InChI is InChI=1S/C20H23N5O2S/c1-27-17-9-7-16(8-10-17)13-18-23-24-20(25(18)21)28-14-19(26)22-12-11-15-5-3-2-4-6-15/h2-10H,11-14,21H2,1H3,(H,22,26). The number of nitrogens with two attached hydrogens (primary N) is 1. The number of hydrogen-bond donors (Lipinski definition) is 2. The first-order valence-electron chi connectivity index (χ1n) is 8.91. The highest BCUT2D eigenvalue weighted by atomic mass is 32.2. The van der Waals surface area contributed by atoms with Crippen molar-refractivity contribution in [1.29, 1.82) is 0 Å². The van der Waals surface area contributed by atoms with E-state index in [0.29, 0.717) is 23.9 Å². The minimum atomic E-state index is -0.0550. The molecule has 1 amide bonds. The van der Waals surface area contributed by atoms with Gasteiger partial charge in [-0.05, 0) is 29.7 Å². The summed E-state index contributed by atoms with van der Waals surface area (Å²) in [5, 5.41) is 11.7. The van der Waals surface area contributed by atoms with Crippen molar-refractivity contribution in [2.45, 2.75) is 18.0 Å². The SMILES string of the molecule is COc1ccc(Cc2nnc(SCC(=O)NCCc3ccccc3)n2N)cc1. The highest BCUT2D eigenvalue weighted by Gasteiger charge is 2.12. The second kappa shape index (κ2) is 9.80. The van der Waals surface area contributed by atoms with Crippen molar-refractivity contribution < 1.29 is 9.53 Å². The first-order valence-corrected chi connectivity index (χ1v) is 9.90. The predicted molar refractivity (Wildman–Crippen MR) is 110 cm³/mol. The van der Waals surface area contributed by atoms with Gasteiger partial charge in [0, 0.05) is 13.0 Å². The van der Waals surface area contributed by atoms with Gasteiger partial charge in [0.25, 0.3) is 0 Å². The van der Waals surface area contributed by atoms with Gasteiger partial charge in [-0.25, -0.2) is 4.68 Å². The maximum absolute atomic E-state index is 12.0. The van der Waals surface area contributed by atoms with Crippen molar-refractivity contribution in [3.63, 3.8) is 0 Å². The summed E-state index contributed by atoms with van der Waals surface area (Å²) in [5.41, 5.74) is 2.25. The van der Waals surface area contributed by atoms with Crippen molar-refractivity contribution in [3.8, 4) is 5.75 Å². The topological polar surface area (TPSA) is 95.1 Å². The van der Waals surface area contributed by atoms with Crippen LogP contribution < -0.4 is 15.9 Å². The van der Waals surface area contributed by atoms with Gasteiger partial charge >= 0.3 is 0 Å². The molecule has 0 radical (unpaired) electrons. The monoisotopic (exact) mass is 397 g/mol. The Morgan fingerprint density at radius 1 is 1.11 bits per heavy atom. The number of nitrogens with one attached hydrogen (secondary N) is 1. The number of carbonyl (C=O) groups is 1. The first-order chi connectivity index (χ1) is 13.7. The molecule has 8 heteroatoms. The van der Waals surface area contributed by atoms with Crippen LogP contribution in [0.4, 0.5) is 0 Å². The molecule has 0 saturated carbocycles. The summed E-state index contributed by atoms with van der Waals surface area (Å²) in [7, 11) is 1.63. The van der Waals surface area contributed by atoms with E-state index in [1.165, 1.54) is 22.0 Å². The van der Waals surface area contributed by atoms with Gasteiger partial charge in [-0.1, -0.05) is 54.2 Å². The zero-order valence-corrected chi connectivity index (χ0v) is 16.5. The number of carbonyl (C=O) groups excluding carboxylic acids is 1. The maximum Gasteiger partial charge on any atom is 0.230 e. The number of nitrogen functional groups attached to an aromatic ring is 1. The summed E-state index contributed by atoms with van der Waals surface area (Å²) in [6.07, 6.45) is 1.35. The Morgan fingerprint density at radius 2 is 1.86 bits per heavy atom. The van der Waals surface area contributed by atoms with E-state index in [1.54, 1.807) is 7.11 Å². The molecule has 3 N–H and O–H groups in total. The van der Waals surface area contributed by atoms with Crippen molar-refractivity contribution >= 4 is 17.7 Å². The molecule has 0 bridgehead atoms. The number of rotatable bonds is 9. The van der Waals surface area contributed by atoms with Crippen LogP contribution in [0.5, 0.6) is 5.75 Å². The highest BCUT2D eigenvalue weighted by Crippen LogP contribution is 2.17. The van der Waals surface area contributed by atoms with Gasteiger partial charge in [0.2, 0.25) is 11.1 Å². The number of nitrogens with zero attached hydrogens (tertiary/aromatic N) is 3. The van der Waals surface area contributed by atoms with Crippen molar-refractivity contribution in [2.75, 3.05) is 25.3 Å². The van der Waals surface area contributed by atoms with Crippen LogP contribution in [0.25, 0.3) is 0 Å². The third kappa shape index (κ3) is 5.50. The molecule has 0 saturated heterocycles. The number of ether oxygens (including phenoxy) is 1. The second-order valence-corrected chi connectivity index (χ2v) is 7.11. The van der Waals surface area contributed by atoms with Crippen molar-refractivity contribution in [3.05, 3.63) is 71.5 Å². The lowest BCUT2D eigenvalue weighted by molar-refractivity contribution is -0.118. The molecule has 0 spiro atoms. The number of amides is 1. The minimum absolute atomic E-state index is 0.0550. The molecule has 0 aliphatic rings. The smallest absolute Gasteiger partial charge is 0.230 e. The summed E-state index contributed by atoms with van der Waals surface area (Å²) in [5.74, 6) is 7.71. The largest absolute Gasteiger partial charge is 0.497 e. The Morgan fingerprint density at radius 3 is 2.57 bits per heavy atom. The number of methoxy groups -OCH3 is 1. The number of hydrogen-bond acceptors (Lipinski definition) is 6.